The van der Waals surface area contributed by atoms with Crippen LogP contribution in [0.5, 0.6) is 11.5 Å². The molecular formula is C21H19ClN2O5S. The molecule has 1 aliphatic heterocycles. The number of carbonyl (C=O) groups is 1. The highest BCUT2D eigenvalue weighted by Gasteiger charge is 2.17. The van der Waals surface area contributed by atoms with Gasteiger partial charge in [-0.05, 0) is 36.4 Å². The van der Waals surface area contributed by atoms with Gasteiger partial charge in [0.1, 0.15) is 13.2 Å². The summed E-state index contributed by atoms with van der Waals surface area (Å²) in [4.78, 5) is 30.3. The summed E-state index contributed by atoms with van der Waals surface area (Å²) in [6.07, 6.45) is 0. The number of carbonyl (C=O) groups excluding carboxylic acids is 1. The van der Waals surface area contributed by atoms with Crippen molar-refractivity contribution in [3.63, 3.8) is 0 Å². The molecule has 3 aromatic rings. The van der Waals surface area contributed by atoms with Crippen LogP contribution < -0.4 is 15.0 Å². The van der Waals surface area contributed by atoms with E-state index in [-0.39, 0.29) is 17.1 Å². The third-order valence-electron chi connectivity index (χ3n) is 4.60. The van der Waals surface area contributed by atoms with Gasteiger partial charge in [0.2, 0.25) is 0 Å². The SMILES string of the molecule is COCCn1c(SCC(=O)c2ccc3c(c2)OCCO3)nc2cc(Cl)ccc2c1=O. The molecular weight excluding hydrogens is 428 g/mol. The van der Waals surface area contributed by atoms with Gasteiger partial charge in [-0.15, -0.1) is 0 Å². The van der Waals surface area contributed by atoms with Gasteiger partial charge in [-0.25, -0.2) is 4.98 Å². The van der Waals surface area contributed by atoms with Gasteiger partial charge in [0.05, 0.1) is 29.8 Å². The van der Waals surface area contributed by atoms with Crippen molar-refractivity contribution >= 4 is 40.0 Å². The lowest BCUT2D eigenvalue weighted by Crippen LogP contribution is -2.25. The van der Waals surface area contributed by atoms with E-state index in [1.165, 1.54) is 16.3 Å². The number of nitrogens with zero attached hydrogens (tertiary/aromatic N) is 2. The summed E-state index contributed by atoms with van der Waals surface area (Å²) >= 11 is 7.26. The van der Waals surface area contributed by atoms with Crippen LogP contribution in [0.15, 0.2) is 46.3 Å². The minimum Gasteiger partial charge on any atom is -0.486 e. The normalized spacial score (nSPS) is 12.9. The second-order valence-corrected chi connectivity index (χ2v) is 7.95. The lowest BCUT2D eigenvalue weighted by atomic mass is 10.1. The van der Waals surface area contributed by atoms with Gasteiger partial charge in [-0.1, -0.05) is 23.4 Å². The molecule has 2 heterocycles. The van der Waals surface area contributed by atoms with E-state index in [4.69, 9.17) is 25.8 Å². The first-order valence-corrected chi connectivity index (χ1v) is 10.7. The number of methoxy groups -OCH3 is 1. The monoisotopic (exact) mass is 446 g/mol. The molecule has 0 fully saturated rings. The number of hydrogen-bond acceptors (Lipinski definition) is 7. The van der Waals surface area contributed by atoms with Crippen molar-refractivity contribution in [2.24, 2.45) is 0 Å². The molecule has 0 radical (unpaired) electrons. The zero-order chi connectivity index (χ0) is 21.1. The smallest absolute Gasteiger partial charge is 0.262 e. The van der Waals surface area contributed by atoms with Crippen LogP contribution >= 0.6 is 23.4 Å². The molecule has 0 N–H and O–H groups in total. The molecule has 156 valence electrons. The summed E-state index contributed by atoms with van der Waals surface area (Å²) in [5.74, 6) is 1.21. The molecule has 1 aliphatic rings. The number of benzene rings is 2. The fraction of sp³-hybridized carbons (Fsp3) is 0.286. The highest BCUT2D eigenvalue weighted by molar-refractivity contribution is 7.99. The maximum Gasteiger partial charge on any atom is 0.262 e. The zero-order valence-corrected chi connectivity index (χ0v) is 17.8. The molecule has 0 atom stereocenters. The maximum absolute atomic E-state index is 12.9. The Morgan fingerprint density at radius 1 is 1.20 bits per heavy atom. The molecule has 0 saturated carbocycles. The number of aromatic nitrogens is 2. The van der Waals surface area contributed by atoms with Crippen molar-refractivity contribution in [3.05, 3.63) is 57.3 Å². The van der Waals surface area contributed by atoms with Crippen LogP contribution in [-0.2, 0) is 11.3 Å². The highest BCUT2D eigenvalue weighted by Crippen LogP contribution is 2.31. The average molecular weight is 447 g/mol. The van der Waals surface area contributed by atoms with E-state index in [1.54, 1.807) is 43.5 Å². The van der Waals surface area contributed by atoms with Crippen molar-refractivity contribution in [2.75, 3.05) is 32.7 Å². The molecule has 0 spiro atoms. The third kappa shape index (κ3) is 4.30. The second kappa shape index (κ2) is 9.07. The number of thioether (sulfide) groups is 1. The van der Waals surface area contributed by atoms with Gasteiger partial charge in [0.25, 0.3) is 5.56 Å². The van der Waals surface area contributed by atoms with Gasteiger partial charge in [0, 0.05) is 17.7 Å². The molecule has 1 aromatic heterocycles. The predicted octanol–water partition coefficient (Wildman–Crippen LogP) is 3.44. The van der Waals surface area contributed by atoms with Crippen molar-refractivity contribution in [1.29, 1.82) is 0 Å². The minimum atomic E-state index is -0.192. The molecule has 0 aliphatic carbocycles. The minimum absolute atomic E-state index is 0.101. The Kier molecular flexibility index (Phi) is 6.26. The fourth-order valence-electron chi connectivity index (χ4n) is 3.09. The van der Waals surface area contributed by atoms with Gasteiger partial charge < -0.3 is 14.2 Å². The number of ketones is 1. The van der Waals surface area contributed by atoms with Crippen LogP contribution in [0.25, 0.3) is 10.9 Å². The van der Waals surface area contributed by atoms with E-state index in [1.807, 2.05) is 0 Å². The second-order valence-electron chi connectivity index (χ2n) is 6.58. The summed E-state index contributed by atoms with van der Waals surface area (Å²) in [6.45, 7) is 1.63. The van der Waals surface area contributed by atoms with Gasteiger partial charge in [-0.2, -0.15) is 0 Å². The molecule has 7 nitrogen and oxygen atoms in total. The van der Waals surface area contributed by atoms with E-state index in [2.05, 4.69) is 4.98 Å². The zero-order valence-electron chi connectivity index (χ0n) is 16.2. The number of hydrogen-bond donors (Lipinski definition) is 0. The van der Waals surface area contributed by atoms with Crippen LogP contribution in [0.3, 0.4) is 0 Å². The summed E-state index contributed by atoms with van der Waals surface area (Å²) < 4.78 is 17.7. The molecule has 9 heteroatoms. The Hall–Kier alpha value is -2.55. The molecule has 4 rings (SSSR count). The topological polar surface area (TPSA) is 79.7 Å². The molecule has 2 aromatic carbocycles. The Balaban J connectivity index is 1.60. The Bertz CT molecular complexity index is 1160. The number of ether oxygens (including phenoxy) is 3. The Morgan fingerprint density at radius 2 is 2.00 bits per heavy atom. The van der Waals surface area contributed by atoms with Crippen LogP contribution in [0, 0.1) is 0 Å². The van der Waals surface area contributed by atoms with Crippen LogP contribution in [-0.4, -0.2) is 48.0 Å². The molecule has 0 amide bonds. The third-order valence-corrected chi connectivity index (χ3v) is 5.81. The quantitative estimate of drug-likeness (QED) is 0.312. The summed E-state index contributed by atoms with van der Waals surface area (Å²) in [6, 6.07) is 10.1. The number of fused-ring (bicyclic) bond motifs is 2. The van der Waals surface area contributed by atoms with Crippen molar-refractivity contribution in [3.8, 4) is 11.5 Å². The van der Waals surface area contributed by atoms with Crippen molar-refractivity contribution < 1.29 is 19.0 Å². The number of rotatable bonds is 7. The molecule has 0 saturated heterocycles. The van der Waals surface area contributed by atoms with Gasteiger partial charge >= 0.3 is 0 Å². The van der Waals surface area contributed by atoms with Gasteiger partial charge in [-0.3, -0.25) is 14.2 Å². The van der Waals surface area contributed by atoms with Crippen LogP contribution in [0.2, 0.25) is 5.02 Å². The van der Waals surface area contributed by atoms with Crippen molar-refractivity contribution in [1.82, 2.24) is 9.55 Å². The van der Waals surface area contributed by atoms with Crippen LogP contribution in [0.4, 0.5) is 0 Å². The first kappa shape index (κ1) is 20.7. The standard InChI is InChI=1S/C21H19ClN2O5S/c1-27-7-6-24-20(26)15-4-3-14(22)11-16(15)23-21(24)30-12-17(25)13-2-5-18-19(10-13)29-9-8-28-18/h2-5,10-11H,6-9,12H2,1H3. The first-order valence-electron chi connectivity index (χ1n) is 9.31. The van der Waals surface area contributed by atoms with E-state index in [0.717, 1.165) is 0 Å². The number of halogens is 1. The molecule has 0 bridgehead atoms. The van der Waals surface area contributed by atoms with E-state index < -0.39 is 0 Å². The lowest BCUT2D eigenvalue weighted by Gasteiger charge is -2.18. The summed E-state index contributed by atoms with van der Waals surface area (Å²) in [5.41, 5.74) is 0.819. The van der Waals surface area contributed by atoms with Crippen LogP contribution in [0.1, 0.15) is 10.4 Å². The average Bonchev–Trinajstić information content (AvgIpc) is 2.76. The fourth-order valence-corrected chi connectivity index (χ4v) is 4.18. The Labute approximate surface area is 181 Å². The highest BCUT2D eigenvalue weighted by atomic mass is 35.5. The lowest BCUT2D eigenvalue weighted by molar-refractivity contribution is 0.102. The van der Waals surface area contributed by atoms with E-state index in [0.29, 0.717) is 64.5 Å². The number of Topliss-reactive ketones (excluding diaryl/α,β-unsaturated/α-hetero) is 1. The Morgan fingerprint density at radius 3 is 2.80 bits per heavy atom. The first-order chi connectivity index (χ1) is 14.6. The van der Waals surface area contributed by atoms with E-state index in [9.17, 15) is 9.59 Å². The summed E-state index contributed by atoms with van der Waals surface area (Å²) in [7, 11) is 1.57. The molecule has 30 heavy (non-hydrogen) atoms. The predicted molar refractivity (Wildman–Crippen MR) is 115 cm³/mol. The molecule has 0 unspecified atom stereocenters. The summed E-state index contributed by atoms with van der Waals surface area (Å²) in [5, 5.41) is 1.41. The largest absolute Gasteiger partial charge is 0.486 e. The van der Waals surface area contributed by atoms with E-state index >= 15 is 0 Å². The van der Waals surface area contributed by atoms with Gasteiger partial charge in [0.15, 0.2) is 22.4 Å². The van der Waals surface area contributed by atoms with Crippen molar-refractivity contribution in [2.45, 2.75) is 11.7 Å². The maximum atomic E-state index is 12.9.